The molecule has 0 amide bonds. The van der Waals surface area contributed by atoms with Gasteiger partial charge in [0.2, 0.25) is 0 Å². The fourth-order valence-electron chi connectivity index (χ4n) is 7.29. The van der Waals surface area contributed by atoms with Gasteiger partial charge in [0.15, 0.2) is 11.5 Å². The predicted molar refractivity (Wildman–Crippen MR) is 247 cm³/mol. The summed E-state index contributed by atoms with van der Waals surface area (Å²) in [5.41, 5.74) is 5.72. The van der Waals surface area contributed by atoms with Gasteiger partial charge >= 0.3 is 0 Å². The highest BCUT2D eigenvalue weighted by molar-refractivity contribution is 7.24. The van der Waals surface area contributed by atoms with Crippen LogP contribution in [0.3, 0.4) is 0 Å². The van der Waals surface area contributed by atoms with Crippen LogP contribution in [0.5, 0.6) is 11.5 Å². The van der Waals surface area contributed by atoms with Crippen LogP contribution in [0.15, 0.2) is 83.6 Å². The molecule has 7 aromatic rings. The van der Waals surface area contributed by atoms with Crippen molar-refractivity contribution in [3.05, 3.63) is 83.6 Å². The smallest absolute Gasteiger partial charge is 0.163 e. The molecule has 0 unspecified atom stereocenters. The number of hydrogen-bond acceptors (Lipinski definition) is 8. The molecule has 0 aliphatic carbocycles. The van der Waals surface area contributed by atoms with Crippen LogP contribution in [0.25, 0.3) is 62.5 Å². The van der Waals surface area contributed by atoms with Crippen LogP contribution in [-0.2, 0) is 0 Å². The first-order valence-corrected chi connectivity index (χ1v) is 24.4. The Balaban J connectivity index is 1.19. The molecule has 294 valence electrons. The number of nitrogens with zero attached hydrogens (tertiary/aromatic N) is 2. The Morgan fingerprint density at radius 1 is 0.429 bits per heavy atom. The minimum atomic E-state index is 0.677. The van der Waals surface area contributed by atoms with Gasteiger partial charge in [-0.05, 0) is 60.0 Å². The second kappa shape index (κ2) is 21.3. The zero-order valence-electron chi connectivity index (χ0n) is 33.2. The largest absolute Gasteiger partial charge is 0.490 e. The van der Waals surface area contributed by atoms with E-state index in [-0.39, 0.29) is 0 Å². The van der Waals surface area contributed by atoms with Gasteiger partial charge in [0.1, 0.15) is 0 Å². The molecule has 0 bridgehead atoms. The third-order valence-electron chi connectivity index (χ3n) is 10.4. The highest BCUT2D eigenvalue weighted by Gasteiger charge is 2.19. The molecule has 4 nitrogen and oxygen atoms in total. The molecule has 0 fully saturated rings. The van der Waals surface area contributed by atoms with Crippen LogP contribution < -0.4 is 9.47 Å². The lowest BCUT2D eigenvalue weighted by molar-refractivity contribution is 0.259. The number of rotatable bonds is 24. The zero-order chi connectivity index (χ0) is 38.4. The lowest BCUT2D eigenvalue weighted by Crippen LogP contribution is -2.04. The van der Waals surface area contributed by atoms with Crippen LogP contribution in [0.1, 0.15) is 117 Å². The number of ether oxygens (including phenoxy) is 2. The predicted octanol–water partition coefficient (Wildman–Crippen LogP) is 16.7. The molecule has 5 heterocycles. The lowest BCUT2D eigenvalue weighted by atomic mass is 10.0. The van der Waals surface area contributed by atoms with Gasteiger partial charge in [-0.25, -0.2) is 9.97 Å². The van der Waals surface area contributed by atoms with Crippen LogP contribution in [0, 0.1) is 0 Å². The quantitative estimate of drug-likeness (QED) is 0.0450. The van der Waals surface area contributed by atoms with E-state index in [4.69, 9.17) is 19.4 Å². The highest BCUT2D eigenvalue weighted by atomic mass is 32.1. The average molecular weight is 821 g/mol. The number of aromatic nitrogens is 2. The van der Waals surface area contributed by atoms with Crippen molar-refractivity contribution < 1.29 is 9.47 Å². The van der Waals surface area contributed by atoms with Crippen molar-refractivity contribution in [2.75, 3.05) is 13.2 Å². The normalized spacial score (nSPS) is 11.6. The standard InChI is InChI=1S/C48H56N2O2S4/c1-3-5-7-9-11-13-15-17-29-51-39-33-37-38(34-40(39)52-30-18-16-14-12-10-8-6-4-2)50-48-36(42-26-28-46(56-42)44-22-20-32-54-44)24-23-35(47(48)49-37)41-25-27-45(55-41)43-21-19-31-53-43/h19-28,31-34H,3-18,29-30H2,1-2H3. The Labute approximate surface area is 350 Å². The van der Waals surface area contributed by atoms with Crippen LogP contribution in [-0.4, -0.2) is 23.2 Å². The number of benzene rings is 2. The molecule has 0 N–H and O–H groups in total. The molecule has 0 atom stereocenters. The van der Waals surface area contributed by atoms with Crippen molar-refractivity contribution in [3.8, 4) is 51.9 Å². The van der Waals surface area contributed by atoms with Gasteiger partial charge in [-0.15, -0.1) is 45.3 Å². The van der Waals surface area contributed by atoms with Crippen molar-refractivity contribution in [3.63, 3.8) is 0 Å². The molecule has 8 heteroatoms. The summed E-state index contributed by atoms with van der Waals surface area (Å²) in [4.78, 5) is 18.4. The van der Waals surface area contributed by atoms with E-state index in [0.29, 0.717) is 13.2 Å². The summed E-state index contributed by atoms with van der Waals surface area (Å²) in [7, 11) is 0. The maximum Gasteiger partial charge on any atom is 0.163 e. The van der Waals surface area contributed by atoms with Gasteiger partial charge in [0.25, 0.3) is 0 Å². The van der Waals surface area contributed by atoms with E-state index in [0.717, 1.165) is 57.5 Å². The van der Waals surface area contributed by atoms with E-state index < -0.39 is 0 Å². The van der Waals surface area contributed by atoms with E-state index in [9.17, 15) is 0 Å². The molecular weight excluding hydrogens is 765 g/mol. The zero-order valence-corrected chi connectivity index (χ0v) is 36.4. The molecule has 56 heavy (non-hydrogen) atoms. The van der Waals surface area contributed by atoms with Crippen molar-refractivity contribution >= 4 is 67.4 Å². The third kappa shape index (κ3) is 10.7. The molecule has 0 aliphatic rings. The van der Waals surface area contributed by atoms with E-state index in [1.807, 2.05) is 22.7 Å². The average Bonchev–Trinajstić information content (AvgIpc) is 4.07. The molecule has 2 aromatic carbocycles. The Kier molecular flexibility index (Phi) is 15.4. The van der Waals surface area contributed by atoms with Crippen LogP contribution in [0.4, 0.5) is 0 Å². The molecule has 0 aliphatic heterocycles. The second-order valence-corrected chi connectivity index (χ2v) is 18.9. The minimum absolute atomic E-state index is 0.677. The van der Waals surface area contributed by atoms with E-state index in [1.165, 1.54) is 119 Å². The monoisotopic (exact) mass is 820 g/mol. The van der Waals surface area contributed by atoms with E-state index in [1.54, 1.807) is 22.7 Å². The SMILES string of the molecule is CCCCCCCCCCOc1cc2nc3c(-c4ccc(-c5cccs5)s4)ccc(-c4ccc(-c5cccs5)s4)c3nc2cc1OCCCCCCCCCC. The molecule has 5 aromatic heterocycles. The summed E-state index contributed by atoms with van der Waals surface area (Å²) >= 11 is 7.19. The van der Waals surface area contributed by atoms with E-state index >= 15 is 0 Å². The Morgan fingerprint density at radius 2 is 0.821 bits per heavy atom. The van der Waals surface area contributed by atoms with Gasteiger partial charge in [-0.3, -0.25) is 0 Å². The molecule has 0 saturated heterocycles. The summed E-state index contributed by atoms with van der Waals surface area (Å²) in [6.45, 7) is 5.91. The molecular formula is C48H56N2O2S4. The van der Waals surface area contributed by atoms with Crippen molar-refractivity contribution in [2.24, 2.45) is 0 Å². The summed E-state index contributed by atoms with van der Waals surface area (Å²) in [5.74, 6) is 1.56. The summed E-state index contributed by atoms with van der Waals surface area (Å²) in [6, 6.07) is 26.2. The van der Waals surface area contributed by atoms with Gasteiger partial charge in [0.05, 0.1) is 35.3 Å². The minimum Gasteiger partial charge on any atom is -0.490 e. The number of unbranched alkanes of at least 4 members (excludes halogenated alkanes) is 14. The van der Waals surface area contributed by atoms with Gasteiger partial charge < -0.3 is 9.47 Å². The number of fused-ring (bicyclic) bond motifs is 2. The van der Waals surface area contributed by atoms with Gasteiger partial charge in [0, 0.05) is 52.5 Å². The molecule has 0 saturated carbocycles. The fourth-order valence-corrected chi connectivity index (χ4v) is 11.0. The Bertz CT molecular complexity index is 2060. The van der Waals surface area contributed by atoms with Crippen molar-refractivity contribution in [1.82, 2.24) is 9.97 Å². The van der Waals surface area contributed by atoms with Crippen molar-refractivity contribution in [1.29, 1.82) is 0 Å². The second-order valence-electron chi connectivity index (χ2n) is 14.8. The maximum absolute atomic E-state index is 6.54. The van der Waals surface area contributed by atoms with Crippen molar-refractivity contribution in [2.45, 2.75) is 117 Å². The van der Waals surface area contributed by atoms with Crippen LogP contribution in [0.2, 0.25) is 0 Å². The van der Waals surface area contributed by atoms with Crippen LogP contribution >= 0.6 is 45.3 Å². The molecule has 0 radical (unpaired) electrons. The van der Waals surface area contributed by atoms with Gasteiger partial charge in [-0.1, -0.05) is 128 Å². The first-order chi connectivity index (χ1) is 27.7. The molecule has 7 rings (SSSR count). The first kappa shape index (κ1) is 40.6. The van der Waals surface area contributed by atoms with E-state index in [2.05, 4.69) is 97.4 Å². The number of thiophene rings is 4. The maximum atomic E-state index is 6.54. The Hall–Kier alpha value is -3.56. The summed E-state index contributed by atoms with van der Waals surface area (Å²) in [5, 5.41) is 4.29. The first-order valence-electron chi connectivity index (χ1n) is 21.0. The lowest BCUT2D eigenvalue weighted by Gasteiger charge is -2.15. The molecule has 0 spiro atoms. The fraction of sp³-hybridized carbons (Fsp3) is 0.417. The Morgan fingerprint density at radius 3 is 1.21 bits per heavy atom. The number of hydrogen-bond donors (Lipinski definition) is 0. The van der Waals surface area contributed by atoms with Gasteiger partial charge in [-0.2, -0.15) is 0 Å². The third-order valence-corrected chi connectivity index (χ3v) is 14.8. The summed E-state index contributed by atoms with van der Waals surface area (Å²) in [6.07, 6.45) is 20.3. The summed E-state index contributed by atoms with van der Waals surface area (Å²) < 4.78 is 13.1. The highest BCUT2D eigenvalue weighted by Crippen LogP contribution is 2.44. The topological polar surface area (TPSA) is 44.2 Å².